The van der Waals surface area contributed by atoms with Crippen LogP contribution in [-0.4, -0.2) is 64.1 Å². The van der Waals surface area contributed by atoms with Gasteiger partial charge in [0.1, 0.15) is 6.10 Å². The molecule has 170 valence electrons. The van der Waals surface area contributed by atoms with Crippen LogP contribution < -0.4 is 11.6 Å². The maximum absolute atomic E-state index is 10.0. The maximum atomic E-state index is 10.0. The Kier molecular flexibility index (Phi) is 7.16. The summed E-state index contributed by atoms with van der Waals surface area (Å²) in [7, 11) is 0. The van der Waals surface area contributed by atoms with E-state index in [1.54, 1.807) is 20.0 Å². The van der Waals surface area contributed by atoms with Crippen molar-refractivity contribution in [1.82, 2.24) is 9.91 Å². The highest BCUT2D eigenvalue weighted by molar-refractivity contribution is 7.12. The van der Waals surface area contributed by atoms with Crippen molar-refractivity contribution in [2.75, 3.05) is 26.2 Å². The molecule has 0 aliphatic carbocycles. The van der Waals surface area contributed by atoms with E-state index >= 15 is 0 Å². The van der Waals surface area contributed by atoms with Gasteiger partial charge in [0.25, 0.3) is 0 Å². The van der Waals surface area contributed by atoms with Crippen LogP contribution in [0.5, 0.6) is 0 Å². The van der Waals surface area contributed by atoms with Crippen LogP contribution in [0.1, 0.15) is 55.9 Å². The molecule has 7 nitrogen and oxygen atoms in total. The lowest BCUT2D eigenvalue weighted by atomic mass is 9.79. The van der Waals surface area contributed by atoms with Crippen molar-refractivity contribution in [1.29, 1.82) is 0 Å². The highest BCUT2D eigenvalue weighted by atomic mass is 32.1. The van der Waals surface area contributed by atoms with Crippen LogP contribution >= 0.6 is 11.3 Å². The van der Waals surface area contributed by atoms with E-state index in [9.17, 15) is 10.2 Å². The molecule has 2 aliphatic heterocycles. The van der Waals surface area contributed by atoms with E-state index in [2.05, 4.69) is 24.8 Å². The molecule has 0 aromatic carbocycles. The molecule has 1 spiro atoms. The zero-order chi connectivity index (χ0) is 22.1. The van der Waals surface area contributed by atoms with Crippen LogP contribution in [0.4, 0.5) is 0 Å². The fourth-order valence-electron chi connectivity index (χ4n) is 4.47. The molecule has 2 unspecified atom stereocenters. The van der Waals surface area contributed by atoms with Crippen molar-refractivity contribution in [3.05, 3.63) is 33.3 Å². The molecule has 3 heterocycles. The second-order valence-electron chi connectivity index (χ2n) is 9.34. The van der Waals surface area contributed by atoms with Gasteiger partial charge in [-0.05, 0) is 51.7 Å². The Bertz CT molecular complexity index is 760. The lowest BCUT2D eigenvalue weighted by molar-refractivity contribution is -0.109. The van der Waals surface area contributed by atoms with Crippen molar-refractivity contribution in [2.45, 2.75) is 76.7 Å². The average Bonchev–Trinajstić information content (AvgIpc) is 3.08. The Morgan fingerprint density at radius 3 is 2.90 bits per heavy atom. The molecule has 30 heavy (non-hydrogen) atoms. The summed E-state index contributed by atoms with van der Waals surface area (Å²) in [6.07, 6.45) is 4.70. The number of aliphatic hydroxyl groups is 2. The first-order valence-electron chi connectivity index (χ1n) is 10.9. The molecule has 1 fully saturated rings. The van der Waals surface area contributed by atoms with Crippen LogP contribution in [0, 0.1) is 0 Å². The van der Waals surface area contributed by atoms with E-state index in [4.69, 9.17) is 16.3 Å². The Balaban J connectivity index is 1.62. The molecule has 3 atom stereocenters. The van der Waals surface area contributed by atoms with E-state index in [1.807, 2.05) is 11.3 Å². The van der Waals surface area contributed by atoms with E-state index in [1.165, 1.54) is 20.3 Å². The summed E-state index contributed by atoms with van der Waals surface area (Å²) in [6.45, 7) is 9.99. The third-order valence-electron chi connectivity index (χ3n) is 6.37. The number of aryl methyl sites for hydroxylation is 1. The van der Waals surface area contributed by atoms with Gasteiger partial charge in [-0.3, -0.25) is 4.90 Å². The number of hydrogen-bond donors (Lipinski definition) is 4. The molecular formula is C22H38N4O3S. The Morgan fingerprint density at radius 2 is 2.27 bits per heavy atom. The monoisotopic (exact) mass is 438 g/mol. The Morgan fingerprint density at radius 1 is 1.53 bits per heavy atom. The summed E-state index contributed by atoms with van der Waals surface area (Å²) < 4.78 is 6.41. The fourth-order valence-corrected chi connectivity index (χ4v) is 5.65. The van der Waals surface area contributed by atoms with Gasteiger partial charge in [0, 0.05) is 47.2 Å². The van der Waals surface area contributed by atoms with E-state index < -0.39 is 11.7 Å². The highest BCUT2D eigenvalue weighted by Crippen LogP contribution is 2.46. The molecule has 6 N–H and O–H groups in total. The number of fused-ring (bicyclic) bond motifs is 2. The molecule has 0 bridgehead atoms. The Hall–Kier alpha value is -1.16. The lowest BCUT2D eigenvalue weighted by Crippen LogP contribution is -2.51. The van der Waals surface area contributed by atoms with Crippen molar-refractivity contribution in [2.24, 2.45) is 11.6 Å². The first-order valence-corrected chi connectivity index (χ1v) is 11.7. The summed E-state index contributed by atoms with van der Waals surface area (Å²) in [4.78, 5) is 5.31. The Labute approximate surface area is 184 Å². The third-order valence-corrected chi connectivity index (χ3v) is 7.71. The number of hydrazine groups is 1. The number of ether oxygens (including phenoxy) is 1. The van der Waals surface area contributed by atoms with Gasteiger partial charge in [0.15, 0.2) is 0 Å². The van der Waals surface area contributed by atoms with Crippen LogP contribution in [0.15, 0.2) is 18.0 Å². The highest BCUT2D eigenvalue weighted by Gasteiger charge is 2.44. The predicted octanol–water partition coefficient (Wildman–Crippen LogP) is 1.67. The largest absolute Gasteiger partial charge is 0.400 e. The zero-order valence-electron chi connectivity index (χ0n) is 18.7. The summed E-state index contributed by atoms with van der Waals surface area (Å²) in [6, 6.07) is 2.70. The van der Waals surface area contributed by atoms with Crippen LogP contribution in [0.3, 0.4) is 0 Å². The second-order valence-corrected chi connectivity index (χ2v) is 10.6. The van der Waals surface area contributed by atoms with Crippen molar-refractivity contribution in [3.8, 4) is 0 Å². The molecule has 0 amide bonds. The number of thiophene rings is 1. The van der Waals surface area contributed by atoms with Gasteiger partial charge >= 0.3 is 0 Å². The van der Waals surface area contributed by atoms with Crippen LogP contribution in [0.2, 0.25) is 0 Å². The van der Waals surface area contributed by atoms with Gasteiger partial charge in [0.05, 0.1) is 24.4 Å². The molecule has 1 saturated heterocycles. The number of rotatable bonds is 7. The number of hydrogen-bond acceptors (Lipinski definition) is 8. The molecule has 1 aromatic rings. The minimum atomic E-state index is -1.21. The molecular weight excluding hydrogens is 400 g/mol. The van der Waals surface area contributed by atoms with Crippen LogP contribution in [-0.2, 0) is 23.2 Å². The average molecular weight is 439 g/mol. The fraction of sp³-hybridized carbons (Fsp3) is 0.727. The number of aliphatic hydroxyl groups excluding tert-OH is 1. The summed E-state index contributed by atoms with van der Waals surface area (Å²) in [5.74, 6) is 5.96. The summed E-state index contributed by atoms with van der Waals surface area (Å²) in [5, 5.41) is 21.2. The summed E-state index contributed by atoms with van der Waals surface area (Å²) in [5.41, 5.74) is 6.92. The minimum Gasteiger partial charge on any atom is -0.400 e. The van der Waals surface area contributed by atoms with Gasteiger partial charge in [0.2, 0.25) is 0 Å². The molecule has 0 saturated carbocycles. The maximum Gasteiger partial charge on any atom is 0.101 e. The van der Waals surface area contributed by atoms with Crippen molar-refractivity contribution in [3.63, 3.8) is 0 Å². The third kappa shape index (κ3) is 5.18. The number of nitrogens with two attached hydrogens (primary N) is 2. The standard InChI is InChI=1S/C22H38N4O3S/c1-5-17-10-18-19(30-17)6-9-29-22(18)7-8-25(15(2)11-22)12-16(23)13-26(24)14-20(27)21(3,4)28/h10,13,15,20,27-28H,5-9,11-12,14,23-24H2,1-4H3/b16-13-/t15-,20?,22?/m0/s1. The molecule has 1 aromatic heterocycles. The second kappa shape index (κ2) is 9.14. The topological polar surface area (TPSA) is 108 Å². The number of likely N-dealkylation sites (tertiary alicyclic amines) is 1. The quantitative estimate of drug-likeness (QED) is 0.379. The molecule has 8 heteroatoms. The SMILES string of the molecule is CCc1cc2c(s1)CCOC21CCN(C/C(N)=C/N(N)CC(O)C(C)(C)O)[C@@H](C)C1. The van der Waals surface area contributed by atoms with Crippen molar-refractivity contribution >= 4 is 11.3 Å². The summed E-state index contributed by atoms with van der Waals surface area (Å²) >= 11 is 1.95. The molecule has 0 radical (unpaired) electrons. The minimum absolute atomic E-state index is 0.109. The van der Waals surface area contributed by atoms with Crippen LogP contribution in [0.25, 0.3) is 0 Å². The van der Waals surface area contributed by atoms with E-state index in [0.29, 0.717) is 18.3 Å². The van der Waals surface area contributed by atoms with E-state index in [-0.39, 0.29) is 12.1 Å². The van der Waals surface area contributed by atoms with Gasteiger partial charge in [-0.1, -0.05) is 6.92 Å². The first kappa shape index (κ1) is 23.5. The van der Waals surface area contributed by atoms with Gasteiger partial charge in [-0.2, -0.15) is 0 Å². The zero-order valence-corrected chi connectivity index (χ0v) is 19.5. The molecule has 2 aliphatic rings. The molecule has 3 rings (SSSR count). The van der Waals surface area contributed by atoms with Crippen molar-refractivity contribution < 1.29 is 14.9 Å². The normalized spacial score (nSPS) is 26.6. The number of piperidine rings is 1. The van der Waals surface area contributed by atoms with Gasteiger partial charge in [-0.15, -0.1) is 11.3 Å². The lowest BCUT2D eigenvalue weighted by Gasteiger charge is -2.47. The van der Waals surface area contributed by atoms with Gasteiger partial charge < -0.3 is 25.7 Å². The number of nitrogens with zero attached hydrogens (tertiary/aromatic N) is 2. The van der Waals surface area contributed by atoms with Gasteiger partial charge in [-0.25, -0.2) is 5.84 Å². The predicted molar refractivity (Wildman–Crippen MR) is 121 cm³/mol. The van der Waals surface area contributed by atoms with E-state index in [0.717, 1.165) is 38.8 Å². The smallest absolute Gasteiger partial charge is 0.101 e. The first-order chi connectivity index (χ1) is 14.0.